The lowest BCUT2D eigenvalue weighted by atomic mass is 9.94. The third-order valence-corrected chi connectivity index (χ3v) is 7.79. The van der Waals surface area contributed by atoms with Crippen molar-refractivity contribution in [3.05, 3.63) is 105 Å². The van der Waals surface area contributed by atoms with Gasteiger partial charge in [0, 0.05) is 18.7 Å². The van der Waals surface area contributed by atoms with E-state index >= 15 is 0 Å². The van der Waals surface area contributed by atoms with Crippen molar-refractivity contribution in [3.8, 4) is 5.75 Å². The Morgan fingerprint density at radius 3 is 2.33 bits per heavy atom. The molecule has 1 atom stereocenters. The minimum atomic E-state index is -0.802. The number of likely N-dealkylation sites (tertiary alicyclic amines) is 1. The van der Waals surface area contributed by atoms with Crippen molar-refractivity contribution in [2.24, 2.45) is 0 Å². The quantitative estimate of drug-likeness (QED) is 0.169. The van der Waals surface area contributed by atoms with Crippen molar-refractivity contribution in [1.29, 1.82) is 0 Å². The molecule has 8 heteroatoms. The van der Waals surface area contributed by atoms with Crippen LogP contribution in [0.15, 0.2) is 72.3 Å². The molecule has 39 heavy (non-hydrogen) atoms. The summed E-state index contributed by atoms with van der Waals surface area (Å²) in [6.45, 7) is 8.86. The fraction of sp³-hybridized carbons (Fsp3) is 0.290. The van der Waals surface area contributed by atoms with Crippen molar-refractivity contribution in [2.45, 2.75) is 33.4 Å². The molecule has 0 unspecified atom stereocenters. The third-order valence-electron chi connectivity index (χ3n) is 7.05. The van der Waals surface area contributed by atoms with Gasteiger partial charge in [-0.1, -0.05) is 73.4 Å². The van der Waals surface area contributed by atoms with Gasteiger partial charge in [0.15, 0.2) is 0 Å². The van der Waals surface area contributed by atoms with Crippen molar-refractivity contribution in [2.75, 3.05) is 26.2 Å². The van der Waals surface area contributed by atoms with Crippen LogP contribution in [0.2, 0.25) is 10.0 Å². The molecular formula is C31H32Cl2N2O4. The lowest BCUT2D eigenvalue weighted by Gasteiger charge is -2.28. The van der Waals surface area contributed by atoms with Gasteiger partial charge in [0.2, 0.25) is 0 Å². The lowest BCUT2D eigenvalue weighted by molar-refractivity contribution is -0.140. The summed E-state index contributed by atoms with van der Waals surface area (Å²) in [7, 11) is 0. The number of ether oxygens (including phenoxy) is 1. The van der Waals surface area contributed by atoms with Gasteiger partial charge < -0.3 is 19.6 Å². The molecule has 4 rings (SSSR count). The number of likely N-dealkylation sites (N-methyl/N-ethyl adjacent to an activating group) is 1. The highest BCUT2D eigenvalue weighted by atomic mass is 35.5. The summed E-state index contributed by atoms with van der Waals surface area (Å²) in [5.74, 6) is -0.984. The zero-order valence-corrected chi connectivity index (χ0v) is 23.8. The monoisotopic (exact) mass is 566 g/mol. The van der Waals surface area contributed by atoms with Crippen LogP contribution in [0.5, 0.6) is 5.75 Å². The van der Waals surface area contributed by atoms with Crippen LogP contribution in [0.1, 0.15) is 42.1 Å². The molecule has 0 aliphatic carbocycles. The topological polar surface area (TPSA) is 70.1 Å². The van der Waals surface area contributed by atoms with E-state index in [1.165, 1.54) is 4.90 Å². The van der Waals surface area contributed by atoms with Gasteiger partial charge in [-0.3, -0.25) is 9.59 Å². The van der Waals surface area contributed by atoms with Crippen molar-refractivity contribution < 1.29 is 19.4 Å². The molecule has 1 aliphatic rings. The predicted molar refractivity (Wildman–Crippen MR) is 155 cm³/mol. The summed E-state index contributed by atoms with van der Waals surface area (Å²) in [5, 5.41) is 12.2. The van der Waals surface area contributed by atoms with Crippen LogP contribution in [0.3, 0.4) is 0 Å². The van der Waals surface area contributed by atoms with Crippen LogP contribution in [-0.2, 0) is 16.2 Å². The molecule has 1 aliphatic heterocycles. The fourth-order valence-corrected chi connectivity index (χ4v) is 5.11. The summed E-state index contributed by atoms with van der Waals surface area (Å²) in [6.07, 6.45) is 0. The van der Waals surface area contributed by atoms with E-state index in [2.05, 4.69) is 4.90 Å². The molecule has 0 spiro atoms. The zero-order chi connectivity index (χ0) is 28.1. The van der Waals surface area contributed by atoms with Crippen LogP contribution in [-0.4, -0.2) is 52.8 Å². The van der Waals surface area contributed by atoms with Crippen molar-refractivity contribution in [3.63, 3.8) is 0 Å². The number of benzene rings is 3. The van der Waals surface area contributed by atoms with Gasteiger partial charge >= 0.3 is 0 Å². The first-order valence-corrected chi connectivity index (χ1v) is 13.7. The molecule has 0 radical (unpaired) electrons. The van der Waals surface area contributed by atoms with E-state index in [-0.39, 0.29) is 11.3 Å². The molecule has 1 amide bonds. The van der Waals surface area contributed by atoms with Crippen LogP contribution < -0.4 is 4.74 Å². The first kappa shape index (κ1) is 28.7. The van der Waals surface area contributed by atoms with Crippen LogP contribution >= 0.6 is 23.2 Å². The zero-order valence-electron chi connectivity index (χ0n) is 22.3. The van der Waals surface area contributed by atoms with Crippen molar-refractivity contribution in [1.82, 2.24) is 9.80 Å². The number of aliphatic hydroxyl groups excluding tert-OH is 1. The van der Waals surface area contributed by atoms with E-state index in [1.54, 1.807) is 30.3 Å². The van der Waals surface area contributed by atoms with E-state index in [0.717, 1.165) is 18.7 Å². The Morgan fingerprint density at radius 2 is 1.69 bits per heavy atom. The number of rotatable bonds is 10. The minimum Gasteiger partial charge on any atom is -0.507 e. The van der Waals surface area contributed by atoms with E-state index < -0.39 is 17.7 Å². The standard InChI is InChI=1S/C31H32Cl2N2O4/c1-4-34(5-2)15-16-35-28(22-11-14-25(32)26(33)18-22)27(30(37)31(35)38)29(36)24-13-12-23(17-20(24)3)39-19-21-9-7-6-8-10-21/h6-14,17-18,28,36H,4-5,15-16,19H2,1-3H3/b29-27+/t28-/m0/s1. The molecule has 0 bridgehead atoms. The number of aliphatic hydroxyl groups is 1. The van der Waals surface area contributed by atoms with Gasteiger partial charge in [-0.05, 0) is 67.0 Å². The average molecular weight is 568 g/mol. The molecule has 3 aromatic carbocycles. The highest BCUT2D eigenvalue weighted by Gasteiger charge is 2.46. The predicted octanol–water partition coefficient (Wildman–Crippen LogP) is 6.64. The Morgan fingerprint density at radius 1 is 0.974 bits per heavy atom. The number of nitrogens with zero attached hydrogens (tertiary/aromatic N) is 2. The molecule has 204 valence electrons. The van der Waals surface area contributed by atoms with E-state index in [1.807, 2.05) is 57.2 Å². The largest absolute Gasteiger partial charge is 0.507 e. The Hall–Kier alpha value is -3.32. The molecule has 6 nitrogen and oxygen atoms in total. The number of halogens is 2. The van der Waals surface area contributed by atoms with E-state index in [4.69, 9.17) is 27.9 Å². The molecule has 1 N–H and O–H groups in total. The third kappa shape index (κ3) is 6.30. The number of Topliss-reactive ketones (excluding diaryl/α,β-unsaturated/α-hetero) is 1. The molecule has 1 fully saturated rings. The smallest absolute Gasteiger partial charge is 0.295 e. The second-order valence-corrected chi connectivity index (χ2v) is 10.3. The van der Waals surface area contributed by atoms with Gasteiger partial charge in [0.25, 0.3) is 11.7 Å². The summed E-state index contributed by atoms with van der Waals surface area (Å²) in [6, 6.07) is 19.3. The number of aryl methyl sites for hydroxylation is 1. The van der Waals surface area contributed by atoms with Gasteiger partial charge in [-0.15, -0.1) is 0 Å². The van der Waals surface area contributed by atoms with Crippen molar-refractivity contribution >= 4 is 40.7 Å². The fourth-order valence-electron chi connectivity index (χ4n) is 4.81. The molecule has 3 aromatic rings. The summed E-state index contributed by atoms with van der Waals surface area (Å²) in [5.41, 5.74) is 2.83. The Balaban J connectivity index is 1.71. The number of hydrogen-bond donors (Lipinski definition) is 1. The Labute approximate surface area is 239 Å². The molecule has 1 heterocycles. The number of carbonyl (C=O) groups excluding carboxylic acids is 2. The molecule has 1 saturated heterocycles. The Kier molecular flexibility index (Phi) is 9.33. The second kappa shape index (κ2) is 12.7. The number of carbonyl (C=O) groups is 2. The number of ketones is 1. The van der Waals surface area contributed by atoms with Gasteiger partial charge in [0.05, 0.1) is 21.7 Å². The highest BCUT2D eigenvalue weighted by molar-refractivity contribution is 6.47. The van der Waals surface area contributed by atoms with Gasteiger partial charge in [0.1, 0.15) is 18.1 Å². The van der Waals surface area contributed by atoms with Crippen LogP contribution in [0.4, 0.5) is 0 Å². The van der Waals surface area contributed by atoms with Crippen LogP contribution in [0.25, 0.3) is 5.76 Å². The molecule has 0 aromatic heterocycles. The lowest BCUT2D eigenvalue weighted by Crippen LogP contribution is -2.38. The highest BCUT2D eigenvalue weighted by Crippen LogP contribution is 2.41. The maximum atomic E-state index is 13.4. The first-order valence-electron chi connectivity index (χ1n) is 13.0. The molecule has 0 saturated carbocycles. The van der Waals surface area contributed by atoms with Crippen LogP contribution in [0, 0.1) is 6.92 Å². The van der Waals surface area contributed by atoms with E-state index in [9.17, 15) is 14.7 Å². The van der Waals surface area contributed by atoms with Gasteiger partial charge in [-0.25, -0.2) is 0 Å². The summed E-state index contributed by atoms with van der Waals surface area (Å²) in [4.78, 5) is 30.3. The minimum absolute atomic E-state index is 0.0268. The summed E-state index contributed by atoms with van der Waals surface area (Å²) >= 11 is 12.5. The van der Waals surface area contributed by atoms with E-state index in [0.29, 0.717) is 52.2 Å². The number of amides is 1. The SMILES string of the molecule is CCN(CC)CCN1C(=O)C(=O)/C(=C(/O)c2ccc(OCc3ccccc3)cc2C)[C@@H]1c1ccc(Cl)c(Cl)c1. The summed E-state index contributed by atoms with van der Waals surface area (Å²) < 4.78 is 5.92. The first-order chi connectivity index (χ1) is 18.7. The maximum Gasteiger partial charge on any atom is 0.295 e. The average Bonchev–Trinajstić information content (AvgIpc) is 3.19. The number of hydrogen-bond acceptors (Lipinski definition) is 5. The molecular weight excluding hydrogens is 535 g/mol. The second-order valence-electron chi connectivity index (χ2n) is 9.44. The Bertz CT molecular complexity index is 1390. The maximum absolute atomic E-state index is 13.4. The van der Waals surface area contributed by atoms with Gasteiger partial charge in [-0.2, -0.15) is 0 Å². The normalized spacial score (nSPS) is 16.8.